The second kappa shape index (κ2) is 5.56. The monoisotopic (exact) mass is 268 g/mol. The van der Waals surface area contributed by atoms with E-state index >= 15 is 0 Å². The zero-order valence-electron chi connectivity index (χ0n) is 9.66. The van der Waals surface area contributed by atoms with Gasteiger partial charge in [-0.25, -0.2) is 4.68 Å². The number of hydrogen-bond donors (Lipinski definition) is 0. The number of alkyl halides is 1. The van der Waals surface area contributed by atoms with Crippen molar-refractivity contribution in [2.75, 3.05) is 0 Å². The molecule has 0 bridgehead atoms. The van der Waals surface area contributed by atoms with Gasteiger partial charge in [0.25, 0.3) is 0 Å². The lowest BCUT2D eigenvalue weighted by molar-refractivity contribution is 0.771. The number of benzene rings is 1. The molecule has 0 fully saturated rings. The molecule has 0 saturated carbocycles. The lowest BCUT2D eigenvalue weighted by Crippen LogP contribution is -2.03. The van der Waals surface area contributed by atoms with Crippen LogP contribution in [0.1, 0.15) is 24.6 Å². The van der Waals surface area contributed by atoms with Gasteiger partial charge in [-0.1, -0.05) is 37.1 Å². The minimum Gasteiger partial charge on any atom is -0.236 e. The molecule has 1 aromatic heterocycles. The summed E-state index contributed by atoms with van der Waals surface area (Å²) in [6.45, 7) is 2.14. The fourth-order valence-corrected chi connectivity index (χ4v) is 2.29. The second-order valence-corrected chi connectivity index (χ2v) is 4.54. The first-order valence-electron chi connectivity index (χ1n) is 5.64. The Balaban J connectivity index is 2.52. The van der Waals surface area contributed by atoms with Crippen LogP contribution in [0.5, 0.6) is 0 Å². The molecule has 0 atom stereocenters. The van der Waals surface area contributed by atoms with Crippen molar-refractivity contribution in [1.29, 1.82) is 0 Å². The third-order valence-electron chi connectivity index (χ3n) is 2.67. The normalized spacial score (nSPS) is 10.8. The highest BCUT2D eigenvalue weighted by Crippen LogP contribution is 2.23. The van der Waals surface area contributed by atoms with E-state index < -0.39 is 0 Å². The van der Waals surface area contributed by atoms with Gasteiger partial charge in [-0.3, -0.25) is 0 Å². The van der Waals surface area contributed by atoms with Gasteiger partial charge in [-0.05, 0) is 18.6 Å². The van der Waals surface area contributed by atoms with Gasteiger partial charge >= 0.3 is 0 Å². The summed E-state index contributed by atoms with van der Waals surface area (Å²) >= 11 is 12.1. The maximum Gasteiger partial charge on any atom is 0.0835 e. The van der Waals surface area contributed by atoms with E-state index in [4.69, 9.17) is 23.2 Å². The Morgan fingerprint density at radius 1 is 1.29 bits per heavy atom. The number of para-hydroxylation sites is 1. The highest BCUT2D eigenvalue weighted by Gasteiger charge is 2.12. The summed E-state index contributed by atoms with van der Waals surface area (Å²) in [5.74, 6) is 0.486. The lowest BCUT2D eigenvalue weighted by atomic mass is 10.2. The maximum atomic E-state index is 6.19. The van der Waals surface area contributed by atoms with Crippen molar-refractivity contribution >= 4 is 23.2 Å². The summed E-state index contributed by atoms with van der Waals surface area (Å²) in [7, 11) is 0. The average Bonchev–Trinajstić information content (AvgIpc) is 2.73. The molecule has 0 amide bonds. The zero-order chi connectivity index (χ0) is 12.3. The second-order valence-electron chi connectivity index (χ2n) is 3.86. The number of aromatic nitrogens is 2. The molecule has 90 valence electrons. The molecule has 2 rings (SSSR count). The molecule has 0 aliphatic rings. The smallest absolute Gasteiger partial charge is 0.0835 e. The molecule has 0 unspecified atom stereocenters. The molecular weight excluding hydrogens is 255 g/mol. The SMILES string of the molecule is CCCc1c(CCl)cnn1-c1ccccc1Cl. The first-order valence-corrected chi connectivity index (χ1v) is 6.55. The average molecular weight is 269 g/mol. The number of hydrogen-bond acceptors (Lipinski definition) is 1. The van der Waals surface area contributed by atoms with Gasteiger partial charge in [0, 0.05) is 11.3 Å². The van der Waals surface area contributed by atoms with E-state index in [9.17, 15) is 0 Å². The van der Waals surface area contributed by atoms with Crippen LogP contribution in [0.15, 0.2) is 30.5 Å². The largest absolute Gasteiger partial charge is 0.236 e. The Labute approximate surface area is 111 Å². The molecule has 2 nitrogen and oxygen atoms in total. The van der Waals surface area contributed by atoms with Crippen molar-refractivity contribution < 1.29 is 0 Å². The van der Waals surface area contributed by atoms with Gasteiger partial charge in [0.2, 0.25) is 0 Å². The van der Waals surface area contributed by atoms with Crippen molar-refractivity contribution in [1.82, 2.24) is 9.78 Å². The van der Waals surface area contributed by atoms with Crippen LogP contribution in [-0.2, 0) is 12.3 Å². The molecule has 0 saturated heterocycles. The van der Waals surface area contributed by atoms with Crippen molar-refractivity contribution in [3.63, 3.8) is 0 Å². The molecule has 1 aromatic carbocycles. The van der Waals surface area contributed by atoms with Gasteiger partial charge in [0.15, 0.2) is 0 Å². The standard InChI is InChI=1S/C13H14Cl2N2/c1-2-5-12-10(8-14)9-16-17(12)13-7-4-3-6-11(13)15/h3-4,6-7,9H,2,5,8H2,1H3. The van der Waals surface area contributed by atoms with Crippen LogP contribution < -0.4 is 0 Å². The minimum atomic E-state index is 0.486. The molecule has 0 N–H and O–H groups in total. The molecule has 17 heavy (non-hydrogen) atoms. The molecule has 1 heterocycles. The summed E-state index contributed by atoms with van der Waals surface area (Å²) in [5, 5.41) is 5.09. The van der Waals surface area contributed by atoms with Crippen molar-refractivity contribution in [3.05, 3.63) is 46.7 Å². The fourth-order valence-electron chi connectivity index (χ4n) is 1.85. The van der Waals surface area contributed by atoms with Crippen LogP contribution in [-0.4, -0.2) is 9.78 Å². The van der Waals surface area contributed by atoms with Crippen LogP contribution in [0.2, 0.25) is 5.02 Å². The summed E-state index contributed by atoms with van der Waals surface area (Å²) in [6, 6.07) is 7.71. The minimum absolute atomic E-state index is 0.486. The first-order chi connectivity index (χ1) is 8.27. The fraction of sp³-hybridized carbons (Fsp3) is 0.308. The van der Waals surface area contributed by atoms with Gasteiger partial charge in [-0.15, -0.1) is 11.6 Å². The highest BCUT2D eigenvalue weighted by molar-refractivity contribution is 6.32. The lowest BCUT2D eigenvalue weighted by Gasteiger charge is -2.09. The summed E-state index contributed by atoms with van der Waals surface area (Å²) < 4.78 is 1.89. The third kappa shape index (κ3) is 2.48. The number of rotatable bonds is 4. The predicted molar refractivity (Wildman–Crippen MR) is 72.1 cm³/mol. The maximum absolute atomic E-state index is 6.19. The predicted octanol–water partition coefficient (Wildman–Crippen LogP) is 4.22. The van der Waals surface area contributed by atoms with Crippen molar-refractivity contribution in [3.8, 4) is 5.69 Å². The van der Waals surface area contributed by atoms with Gasteiger partial charge < -0.3 is 0 Å². The molecule has 0 aliphatic heterocycles. The van der Waals surface area contributed by atoms with E-state index in [1.54, 1.807) is 0 Å². The number of halogens is 2. The Morgan fingerprint density at radius 2 is 2.06 bits per heavy atom. The van der Waals surface area contributed by atoms with Crippen LogP contribution in [0.4, 0.5) is 0 Å². The molecule has 0 spiro atoms. The van der Waals surface area contributed by atoms with Crippen LogP contribution in [0.3, 0.4) is 0 Å². The first kappa shape index (κ1) is 12.5. The summed E-state index contributed by atoms with van der Waals surface area (Å²) in [6.07, 6.45) is 3.83. The molecule has 2 aromatic rings. The quantitative estimate of drug-likeness (QED) is 0.760. The number of nitrogens with zero attached hydrogens (tertiary/aromatic N) is 2. The molecular formula is C13H14Cl2N2. The van der Waals surface area contributed by atoms with Gasteiger partial charge in [0.05, 0.1) is 22.8 Å². The van der Waals surface area contributed by atoms with E-state index in [2.05, 4.69) is 12.0 Å². The van der Waals surface area contributed by atoms with E-state index in [0.717, 1.165) is 29.8 Å². The molecule has 0 radical (unpaired) electrons. The van der Waals surface area contributed by atoms with E-state index in [-0.39, 0.29) is 0 Å². The van der Waals surface area contributed by atoms with Crippen molar-refractivity contribution in [2.45, 2.75) is 25.6 Å². The third-order valence-corrected chi connectivity index (χ3v) is 3.27. The van der Waals surface area contributed by atoms with E-state index in [1.807, 2.05) is 35.1 Å². The Bertz CT molecular complexity index is 506. The van der Waals surface area contributed by atoms with Gasteiger partial charge in [-0.2, -0.15) is 5.10 Å². The summed E-state index contributed by atoms with van der Waals surface area (Å²) in [5.41, 5.74) is 3.14. The topological polar surface area (TPSA) is 17.8 Å². The van der Waals surface area contributed by atoms with Crippen LogP contribution in [0, 0.1) is 0 Å². The highest BCUT2D eigenvalue weighted by atomic mass is 35.5. The zero-order valence-corrected chi connectivity index (χ0v) is 11.2. The van der Waals surface area contributed by atoms with Crippen molar-refractivity contribution in [2.24, 2.45) is 0 Å². The Morgan fingerprint density at radius 3 is 2.71 bits per heavy atom. The van der Waals surface area contributed by atoms with Gasteiger partial charge in [0.1, 0.15) is 0 Å². The van der Waals surface area contributed by atoms with E-state index in [0.29, 0.717) is 10.9 Å². The Hall–Kier alpha value is -0.990. The molecule has 0 aliphatic carbocycles. The summed E-state index contributed by atoms with van der Waals surface area (Å²) in [4.78, 5) is 0. The van der Waals surface area contributed by atoms with Crippen LogP contribution in [0.25, 0.3) is 5.69 Å². The van der Waals surface area contributed by atoms with E-state index in [1.165, 1.54) is 0 Å². The molecule has 4 heteroatoms. The van der Waals surface area contributed by atoms with Crippen LogP contribution >= 0.6 is 23.2 Å². The Kier molecular flexibility index (Phi) is 4.08.